The molecule has 3 aromatic rings. The zero-order valence-corrected chi connectivity index (χ0v) is 23.0. The van der Waals surface area contributed by atoms with Crippen molar-refractivity contribution < 1.29 is 19.0 Å². The molecule has 2 aromatic heterocycles. The van der Waals surface area contributed by atoms with Crippen molar-refractivity contribution in [2.24, 2.45) is 0 Å². The molecule has 0 bridgehead atoms. The van der Waals surface area contributed by atoms with Gasteiger partial charge in [-0.05, 0) is 57.2 Å². The number of H-pyrrole nitrogens is 1. The first-order valence-corrected chi connectivity index (χ1v) is 13.6. The summed E-state index contributed by atoms with van der Waals surface area (Å²) >= 11 is 0. The Morgan fingerprint density at radius 2 is 2.00 bits per heavy atom. The summed E-state index contributed by atoms with van der Waals surface area (Å²) in [6.07, 6.45) is 13.6. The molecule has 1 aromatic carbocycles. The predicted octanol–water partition coefficient (Wildman–Crippen LogP) is 5.02. The molecule has 0 unspecified atom stereocenters. The van der Waals surface area contributed by atoms with E-state index in [-0.39, 0.29) is 12.0 Å². The van der Waals surface area contributed by atoms with E-state index in [0.717, 1.165) is 18.7 Å². The summed E-state index contributed by atoms with van der Waals surface area (Å²) in [5, 5.41) is 7.92. The molecular weight excluding hydrogens is 506 g/mol. The standard InChI is InChI=1S/C31H35N5O4/c1-4-24(39-25-9-6-5-7-10-25)15-12-22(2)38-27-16-18-32-30-29(27)31(34-33-30)40-26-17-20-36(21-26)28(37)11-8-19-35(3)23-13-14-23/h4-12,15-16,18,23,26H,1,13-14,17,19-21H2,2-3H3,(H,32,33,34)/b11-8+,22-12+,24-15+/t26-/m1/s1. The summed E-state index contributed by atoms with van der Waals surface area (Å²) in [7, 11) is 2.10. The van der Waals surface area contributed by atoms with Crippen molar-refractivity contribution in [1.82, 2.24) is 25.0 Å². The Bertz CT molecular complexity index is 1420. The van der Waals surface area contributed by atoms with Crippen LogP contribution in [0, 0.1) is 0 Å². The number of pyridine rings is 1. The minimum atomic E-state index is -0.170. The third-order valence-corrected chi connectivity index (χ3v) is 6.88. The Morgan fingerprint density at radius 3 is 2.77 bits per heavy atom. The van der Waals surface area contributed by atoms with Crippen LogP contribution in [0.2, 0.25) is 0 Å². The second-order valence-corrected chi connectivity index (χ2v) is 10.0. The van der Waals surface area contributed by atoms with Gasteiger partial charge in [-0.1, -0.05) is 30.9 Å². The van der Waals surface area contributed by atoms with E-state index in [1.54, 1.807) is 30.5 Å². The Hall–Kier alpha value is -4.37. The van der Waals surface area contributed by atoms with Gasteiger partial charge in [0.05, 0.1) is 6.54 Å². The molecule has 9 nitrogen and oxygen atoms in total. The average molecular weight is 542 g/mol. The fourth-order valence-electron chi connectivity index (χ4n) is 4.51. The topological polar surface area (TPSA) is 92.8 Å². The number of benzene rings is 1. The highest BCUT2D eigenvalue weighted by Gasteiger charge is 2.29. The first-order valence-electron chi connectivity index (χ1n) is 13.6. The van der Waals surface area contributed by atoms with Crippen molar-refractivity contribution in [2.45, 2.75) is 38.3 Å². The predicted molar refractivity (Wildman–Crippen MR) is 154 cm³/mol. The van der Waals surface area contributed by atoms with E-state index in [4.69, 9.17) is 14.2 Å². The summed E-state index contributed by atoms with van der Waals surface area (Å²) in [6, 6.07) is 12.0. The van der Waals surface area contributed by atoms with Crippen molar-refractivity contribution in [3.05, 3.63) is 91.1 Å². The van der Waals surface area contributed by atoms with E-state index >= 15 is 0 Å². The monoisotopic (exact) mass is 541 g/mol. The SMILES string of the molecule is C=C/C(=C\C=C(/C)Oc1ccnc2[nH]nc(O[C@@H]3CCN(C(=O)/C=C/CN(C)C4CC4)C3)c12)Oc1ccccc1. The molecule has 1 saturated heterocycles. The highest BCUT2D eigenvalue weighted by Crippen LogP contribution is 2.33. The lowest BCUT2D eigenvalue weighted by Gasteiger charge is -2.16. The molecule has 1 N–H and O–H groups in total. The zero-order valence-electron chi connectivity index (χ0n) is 23.0. The fraction of sp³-hybridized carbons (Fsp3) is 0.323. The van der Waals surface area contributed by atoms with Crippen LogP contribution in [0.5, 0.6) is 17.4 Å². The number of ether oxygens (including phenoxy) is 3. The van der Waals surface area contributed by atoms with Crippen LogP contribution in [-0.4, -0.2) is 69.7 Å². The number of para-hydroxylation sites is 1. The van der Waals surface area contributed by atoms with Crippen LogP contribution >= 0.6 is 0 Å². The molecule has 1 aliphatic carbocycles. The number of fused-ring (bicyclic) bond motifs is 1. The van der Waals surface area contributed by atoms with Gasteiger partial charge in [0.25, 0.3) is 0 Å². The number of aromatic nitrogens is 3. The van der Waals surface area contributed by atoms with Crippen LogP contribution in [0.25, 0.3) is 11.0 Å². The molecule has 0 radical (unpaired) electrons. The van der Waals surface area contributed by atoms with Crippen LogP contribution < -0.4 is 14.2 Å². The van der Waals surface area contributed by atoms with E-state index in [9.17, 15) is 4.79 Å². The van der Waals surface area contributed by atoms with E-state index < -0.39 is 0 Å². The van der Waals surface area contributed by atoms with Crippen molar-refractivity contribution in [3.8, 4) is 17.4 Å². The van der Waals surface area contributed by atoms with Gasteiger partial charge in [0.2, 0.25) is 11.8 Å². The lowest BCUT2D eigenvalue weighted by molar-refractivity contribution is -0.125. The number of hydrogen-bond acceptors (Lipinski definition) is 7. The van der Waals surface area contributed by atoms with E-state index in [0.29, 0.717) is 53.3 Å². The minimum Gasteiger partial charge on any atom is -0.471 e. The number of nitrogens with one attached hydrogen (secondary N) is 1. The number of allylic oxidation sites excluding steroid dienone is 4. The molecule has 5 rings (SSSR count). The Kier molecular flexibility index (Phi) is 8.61. The quantitative estimate of drug-likeness (QED) is 0.196. The lowest BCUT2D eigenvalue weighted by Crippen LogP contribution is -2.30. The molecule has 2 fully saturated rings. The maximum Gasteiger partial charge on any atom is 0.246 e. The van der Waals surface area contributed by atoms with Crippen molar-refractivity contribution in [3.63, 3.8) is 0 Å². The normalized spacial score (nSPS) is 18.1. The number of hydrogen-bond donors (Lipinski definition) is 1. The number of carbonyl (C=O) groups is 1. The first kappa shape index (κ1) is 27.2. The van der Waals surface area contributed by atoms with Crippen LogP contribution in [0.4, 0.5) is 0 Å². The van der Waals surface area contributed by atoms with Gasteiger partial charge in [-0.2, -0.15) is 0 Å². The Balaban J connectivity index is 1.22. The van der Waals surface area contributed by atoms with Crippen LogP contribution in [0.15, 0.2) is 91.1 Å². The number of nitrogens with zero attached hydrogens (tertiary/aromatic N) is 4. The summed E-state index contributed by atoms with van der Waals surface area (Å²) in [5.74, 6) is 2.92. The van der Waals surface area contributed by atoms with Gasteiger partial charge in [0.15, 0.2) is 5.65 Å². The van der Waals surface area contributed by atoms with Gasteiger partial charge in [-0.3, -0.25) is 14.8 Å². The number of amides is 1. The molecule has 3 heterocycles. The maximum absolute atomic E-state index is 12.7. The van der Waals surface area contributed by atoms with Crippen molar-refractivity contribution >= 4 is 16.9 Å². The van der Waals surface area contributed by atoms with Gasteiger partial charge in [-0.15, -0.1) is 5.10 Å². The third-order valence-electron chi connectivity index (χ3n) is 6.88. The van der Waals surface area contributed by atoms with Gasteiger partial charge in [0, 0.05) is 43.9 Å². The molecule has 208 valence electrons. The van der Waals surface area contributed by atoms with Gasteiger partial charge in [0.1, 0.15) is 34.5 Å². The largest absolute Gasteiger partial charge is 0.471 e. The molecule has 1 aliphatic heterocycles. The van der Waals surface area contributed by atoms with Gasteiger partial charge >= 0.3 is 0 Å². The molecule has 2 aliphatic rings. The number of likely N-dealkylation sites (tertiary alicyclic amines) is 1. The third kappa shape index (κ3) is 6.98. The average Bonchev–Trinajstić information content (AvgIpc) is 3.58. The second kappa shape index (κ2) is 12.7. The van der Waals surface area contributed by atoms with Crippen molar-refractivity contribution in [1.29, 1.82) is 0 Å². The lowest BCUT2D eigenvalue weighted by atomic mass is 10.3. The summed E-state index contributed by atoms with van der Waals surface area (Å²) < 4.78 is 18.2. The first-order chi connectivity index (χ1) is 19.5. The number of likely N-dealkylation sites (N-methyl/N-ethyl adjacent to an activating group) is 1. The summed E-state index contributed by atoms with van der Waals surface area (Å²) in [6.45, 7) is 7.61. The van der Waals surface area contributed by atoms with Gasteiger partial charge < -0.3 is 19.1 Å². The number of aromatic amines is 1. The van der Waals surface area contributed by atoms with E-state index in [1.165, 1.54) is 12.8 Å². The van der Waals surface area contributed by atoms with E-state index in [2.05, 4.69) is 33.7 Å². The Morgan fingerprint density at radius 1 is 1.18 bits per heavy atom. The highest BCUT2D eigenvalue weighted by atomic mass is 16.5. The number of rotatable bonds is 12. The molecule has 1 amide bonds. The molecule has 1 atom stereocenters. The highest BCUT2D eigenvalue weighted by molar-refractivity contribution is 5.88. The summed E-state index contributed by atoms with van der Waals surface area (Å²) in [4.78, 5) is 21.1. The van der Waals surface area contributed by atoms with E-state index in [1.807, 2.05) is 54.3 Å². The van der Waals surface area contributed by atoms with Gasteiger partial charge in [-0.25, -0.2) is 4.98 Å². The van der Waals surface area contributed by atoms with Crippen LogP contribution in [0.1, 0.15) is 26.2 Å². The zero-order chi connectivity index (χ0) is 27.9. The molecule has 9 heteroatoms. The van der Waals surface area contributed by atoms with Crippen molar-refractivity contribution in [2.75, 3.05) is 26.7 Å². The smallest absolute Gasteiger partial charge is 0.246 e. The maximum atomic E-state index is 12.7. The van der Waals surface area contributed by atoms with Crippen LogP contribution in [-0.2, 0) is 4.79 Å². The fourth-order valence-corrected chi connectivity index (χ4v) is 4.51. The molecule has 1 saturated carbocycles. The number of carbonyl (C=O) groups excluding carboxylic acids is 1. The summed E-state index contributed by atoms with van der Waals surface area (Å²) in [5.41, 5.74) is 0.559. The van der Waals surface area contributed by atoms with Crippen LogP contribution in [0.3, 0.4) is 0 Å². The molecular formula is C31H35N5O4. The second-order valence-electron chi connectivity index (χ2n) is 10.0. The minimum absolute atomic E-state index is 0.0109. The molecule has 0 spiro atoms. The molecule has 40 heavy (non-hydrogen) atoms. The Labute approximate surface area is 234 Å².